The third-order valence-corrected chi connectivity index (χ3v) is 5.23. The third kappa shape index (κ3) is 2.45. The number of rotatable bonds is 3. The van der Waals surface area contributed by atoms with Gasteiger partial charge in [-0.05, 0) is 37.8 Å². The topological polar surface area (TPSA) is 28.2 Å². The summed E-state index contributed by atoms with van der Waals surface area (Å²) in [6.07, 6.45) is 2.78. The van der Waals surface area contributed by atoms with E-state index in [-0.39, 0.29) is 0 Å². The van der Waals surface area contributed by atoms with Crippen LogP contribution in [0, 0.1) is 5.92 Å². The molecule has 1 aliphatic carbocycles. The lowest BCUT2D eigenvalue weighted by atomic mass is 9.91. The van der Waals surface area contributed by atoms with Gasteiger partial charge in [-0.1, -0.05) is 24.3 Å². The quantitative estimate of drug-likeness (QED) is 0.937. The first-order valence-corrected chi connectivity index (χ1v) is 8.06. The van der Waals surface area contributed by atoms with Crippen LogP contribution in [-0.4, -0.2) is 35.1 Å². The van der Waals surface area contributed by atoms with Crippen LogP contribution in [-0.2, 0) is 6.54 Å². The fourth-order valence-corrected chi connectivity index (χ4v) is 3.68. The molecule has 1 N–H and O–H groups in total. The number of para-hydroxylation sites is 1. The van der Waals surface area contributed by atoms with Crippen molar-refractivity contribution in [3.63, 3.8) is 0 Å². The van der Waals surface area contributed by atoms with Crippen molar-refractivity contribution in [2.45, 2.75) is 31.8 Å². The van der Waals surface area contributed by atoms with Crippen LogP contribution in [0.2, 0.25) is 0 Å². The molecule has 0 amide bonds. The predicted molar refractivity (Wildman–Crippen MR) is 86.2 cm³/mol. The van der Waals surface area contributed by atoms with Crippen LogP contribution in [0.1, 0.15) is 25.5 Å². The van der Waals surface area contributed by atoms with Crippen molar-refractivity contribution in [3.05, 3.63) is 42.1 Å². The summed E-state index contributed by atoms with van der Waals surface area (Å²) in [5.74, 6) is 0.866. The first-order chi connectivity index (χ1) is 10.3. The van der Waals surface area contributed by atoms with Gasteiger partial charge in [-0.25, -0.2) is 0 Å². The summed E-state index contributed by atoms with van der Waals surface area (Å²) in [7, 11) is 0. The molecule has 1 aromatic heterocycles. The first kappa shape index (κ1) is 13.2. The molecule has 21 heavy (non-hydrogen) atoms. The molecule has 2 fully saturated rings. The number of piperazine rings is 1. The Morgan fingerprint density at radius 1 is 1.24 bits per heavy atom. The number of nitrogens with one attached hydrogen (secondary N) is 1. The Bertz CT molecular complexity index is 650. The van der Waals surface area contributed by atoms with Gasteiger partial charge >= 0.3 is 0 Å². The number of hydrogen-bond donors (Lipinski definition) is 1. The fourth-order valence-electron chi connectivity index (χ4n) is 3.68. The largest absolute Gasteiger partial charge is 0.314 e. The summed E-state index contributed by atoms with van der Waals surface area (Å²) in [6, 6.07) is 12.8. The number of pyridine rings is 1. The van der Waals surface area contributed by atoms with Crippen molar-refractivity contribution in [1.82, 2.24) is 15.2 Å². The Kier molecular flexibility index (Phi) is 3.20. The molecule has 110 valence electrons. The molecule has 1 saturated carbocycles. The second-order valence-electron chi connectivity index (χ2n) is 6.73. The number of nitrogens with zero attached hydrogens (tertiary/aromatic N) is 2. The Balaban J connectivity index is 1.60. The highest BCUT2D eigenvalue weighted by Crippen LogP contribution is 2.43. The molecule has 1 unspecified atom stereocenters. The van der Waals surface area contributed by atoms with Crippen LogP contribution in [0.15, 0.2) is 36.4 Å². The van der Waals surface area contributed by atoms with E-state index >= 15 is 0 Å². The zero-order chi connectivity index (χ0) is 14.3. The van der Waals surface area contributed by atoms with Gasteiger partial charge in [-0.2, -0.15) is 0 Å². The molecule has 1 saturated heterocycles. The molecule has 0 radical (unpaired) electrons. The third-order valence-electron chi connectivity index (χ3n) is 5.23. The summed E-state index contributed by atoms with van der Waals surface area (Å²) in [5.41, 5.74) is 2.62. The van der Waals surface area contributed by atoms with Crippen LogP contribution >= 0.6 is 0 Å². The van der Waals surface area contributed by atoms with E-state index < -0.39 is 0 Å². The van der Waals surface area contributed by atoms with Gasteiger partial charge in [0.05, 0.1) is 11.2 Å². The summed E-state index contributed by atoms with van der Waals surface area (Å²) in [6.45, 7) is 6.74. The molecular formula is C18H23N3. The van der Waals surface area contributed by atoms with Crippen LogP contribution in [0.4, 0.5) is 0 Å². The average Bonchev–Trinajstić information content (AvgIpc) is 3.35. The Morgan fingerprint density at radius 3 is 2.95 bits per heavy atom. The van der Waals surface area contributed by atoms with Crippen molar-refractivity contribution in [3.8, 4) is 0 Å². The average molecular weight is 281 g/mol. The van der Waals surface area contributed by atoms with Crippen molar-refractivity contribution < 1.29 is 0 Å². The molecule has 4 rings (SSSR count). The predicted octanol–water partition coefficient (Wildman–Crippen LogP) is 2.81. The first-order valence-electron chi connectivity index (χ1n) is 8.06. The van der Waals surface area contributed by atoms with E-state index in [0.29, 0.717) is 5.54 Å². The van der Waals surface area contributed by atoms with Gasteiger partial charge in [-0.15, -0.1) is 0 Å². The van der Waals surface area contributed by atoms with E-state index in [4.69, 9.17) is 4.98 Å². The highest BCUT2D eigenvalue weighted by atomic mass is 15.3. The van der Waals surface area contributed by atoms with Gasteiger partial charge in [-0.3, -0.25) is 9.88 Å². The second kappa shape index (κ2) is 5.08. The molecule has 2 aliphatic rings. The summed E-state index contributed by atoms with van der Waals surface area (Å²) >= 11 is 0. The molecule has 2 aromatic rings. The molecule has 3 heteroatoms. The smallest absolute Gasteiger partial charge is 0.0705 e. The molecular weight excluding hydrogens is 258 g/mol. The van der Waals surface area contributed by atoms with Crippen LogP contribution in [0.25, 0.3) is 10.9 Å². The minimum Gasteiger partial charge on any atom is -0.314 e. The van der Waals surface area contributed by atoms with Gasteiger partial charge in [0, 0.05) is 37.1 Å². The van der Waals surface area contributed by atoms with E-state index in [2.05, 4.69) is 53.5 Å². The minimum atomic E-state index is 0.311. The maximum absolute atomic E-state index is 4.85. The monoisotopic (exact) mass is 281 g/mol. The van der Waals surface area contributed by atoms with Crippen LogP contribution in [0.3, 0.4) is 0 Å². The number of benzene rings is 1. The van der Waals surface area contributed by atoms with Gasteiger partial charge in [0.2, 0.25) is 0 Å². The van der Waals surface area contributed by atoms with Crippen molar-refractivity contribution in [2.24, 2.45) is 5.92 Å². The maximum atomic E-state index is 4.85. The standard InChI is InChI=1S/C18H23N3/c1-18(15-7-8-15)13-19-10-11-21(18)12-16-9-6-14-4-2-3-5-17(14)20-16/h2-6,9,15,19H,7-8,10-13H2,1H3. The number of aromatic nitrogens is 1. The highest BCUT2D eigenvalue weighted by molar-refractivity contribution is 5.78. The van der Waals surface area contributed by atoms with E-state index in [1.165, 1.54) is 23.9 Å². The lowest BCUT2D eigenvalue weighted by Gasteiger charge is -2.45. The highest BCUT2D eigenvalue weighted by Gasteiger charge is 2.46. The number of fused-ring (bicyclic) bond motifs is 1. The van der Waals surface area contributed by atoms with Crippen LogP contribution < -0.4 is 5.32 Å². The van der Waals surface area contributed by atoms with E-state index in [1.54, 1.807) is 0 Å². The lowest BCUT2D eigenvalue weighted by molar-refractivity contribution is 0.0474. The normalized spacial score (nSPS) is 27.1. The molecule has 0 spiro atoms. The zero-order valence-electron chi connectivity index (χ0n) is 12.7. The molecule has 3 nitrogen and oxygen atoms in total. The minimum absolute atomic E-state index is 0.311. The Hall–Kier alpha value is -1.45. The molecule has 0 bridgehead atoms. The Labute approximate surface area is 126 Å². The van der Waals surface area contributed by atoms with Gasteiger partial charge in [0.25, 0.3) is 0 Å². The summed E-state index contributed by atoms with van der Waals surface area (Å²) in [4.78, 5) is 7.50. The van der Waals surface area contributed by atoms with Crippen molar-refractivity contribution in [1.29, 1.82) is 0 Å². The van der Waals surface area contributed by atoms with Crippen molar-refractivity contribution in [2.75, 3.05) is 19.6 Å². The second-order valence-corrected chi connectivity index (χ2v) is 6.73. The maximum Gasteiger partial charge on any atom is 0.0705 e. The molecule has 2 heterocycles. The summed E-state index contributed by atoms with van der Waals surface area (Å²) < 4.78 is 0. The summed E-state index contributed by atoms with van der Waals surface area (Å²) in [5, 5.41) is 4.81. The van der Waals surface area contributed by atoms with Gasteiger partial charge in [0.1, 0.15) is 0 Å². The van der Waals surface area contributed by atoms with Crippen molar-refractivity contribution >= 4 is 10.9 Å². The molecule has 1 aromatic carbocycles. The molecule has 1 atom stereocenters. The number of hydrogen-bond acceptors (Lipinski definition) is 3. The lowest BCUT2D eigenvalue weighted by Crippen LogP contribution is -2.60. The SMILES string of the molecule is CC1(C2CC2)CNCCN1Cc1ccc2ccccc2n1. The van der Waals surface area contributed by atoms with E-state index in [0.717, 1.165) is 37.6 Å². The zero-order valence-corrected chi connectivity index (χ0v) is 12.7. The van der Waals surface area contributed by atoms with Crippen LogP contribution in [0.5, 0.6) is 0 Å². The van der Waals surface area contributed by atoms with E-state index in [9.17, 15) is 0 Å². The van der Waals surface area contributed by atoms with Gasteiger partial charge in [0.15, 0.2) is 0 Å². The Morgan fingerprint density at radius 2 is 2.10 bits per heavy atom. The van der Waals surface area contributed by atoms with Gasteiger partial charge < -0.3 is 5.32 Å². The van der Waals surface area contributed by atoms with E-state index in [1.807, 2.05) is 0 Å². The molecule has 1 aliphatic heterocycles. The fraction of sp³-hybridized carbons (Fsp3) is 0.500.